The average Bonchev–Trinajstić information content (AvgIpc) is 1.88. The van der Waals surface area contributed by atoms with Gasteiger partial charge in [-0.05, 0) is 34.7 Å². The molecule has 3 heteroatoms. The van der Waals surface area contributed by atoms with Gasteiger partial charge in [0.2, 0.25) is 0 Å². The summed E-state index contributed by atoms with van der Waals surface area (Å²) in [6.45, 7) is 0. The Morgan fingerprint density at radius 2 is 2.33 bits per heavy atom. The molecule has 0 amide bonds. The number of nitrogens with zero attached hydrogens (tertiary/aromatic N) is 1. The monoisotopic (exact) mass is 233 g/mol. The minimum Gasteiger partial charge on any atom is -0.296 e. The number of halogens is 1. The zero-order chi connectivity index (χ0) is 6.69. The molecule has 0 saturated heterocycles. The molecule has 0 fully saturated rings. The van der Waals surface area contributed by atoms with Gasteiger partial charge in [-0.15, -0.1) is 0 Å². The van der Waals surface area contributed by atoms with E-state index in [0.29, 0.717) is 5.69 Å². The Bertz CT molecular complexity index is 224. The van der Waals surface area contributed by atoms with Crippen molar-refractivity contribution in [3.8, 4) is 0 Å². The van der Waals surface area contributed by atoms with Crippen LogP contribution in [-0.4, -0.2) is 11.3 Å². The van der Waals surface area contributed by atoms with Crippen LogP contribution in [0, 0.1) is 3.70 Å². The highest BCUT2D eigenvalue weighted by atomic mass is 127. The number of aldehydes is 1. The Morgan fingerprint density at radius 3 is 2.78 bits per heavy atom. The minimum atomic E-state index is 0.488. The number of hydrogen-bond acceptors (Lipinski definition) is 2. The summed E-state index contributed by atoms with van der Waals surface area (Å²) in [4.78, 5) is 14.0. The lowest BCUT2D eigenvalue weighted by molar-refractivity contribution is 0.111. The summed E-state index contributed by atoms with van der Waals surface area (Å²) in [5.74, 6) is 0. The largest absolute Gasteiger partial charge is 0.296 e. The summed E-state index contributed by atoms with van der Waals surface area (Å²) in [5.41, 5.74) is 0.488. The molecule has 1 heterocycles. The molecule has 1 rings (SSSR count). The van der Waals surface area contributed by atoms with Gasteiger partial charge in [0.1, 0.15) is 9.39 Å². The standard InChI is InChI=1S/C6H4INO/c7-6-3-1-2-5(4-9)8-6/h1-4H. The molecule has 0 aliphatic carbocycles. The first kappa shape index (κ1) is 6.67. The Kier molecular flexibility index (Phi) is 2.16. The second-order valence-corrected chi connectivity index (χ2v) is 2.61. The van der Waals surface area contributed by atoms with Gasteiger partial charge >= 0.3 is 0 Å². The van der Waals surface area contributed by atoms with Gasteiger partial charge in [-0.2, -0.15) is 0 Å². The highest BCUT2D eigenvalue weighted by molar-refractivity contribution is 14.1. The van der Waals surface area contributed by atoms with E-state index in [1.165, 1.54) is 0 Å². The SMILES string of the molecule is O=Cc1cccc(I)n1. The van der Waals surface area contributed by atoms with Crippen molar-refractivity contribution < 1.29 is 4.79 Å². The molecular formula is C6H4INO. The van der Waals surface area contributed by atoms with Crippen molar-refractivity contribution in [2.75, 3.05) is 0 Å². The molecule has 0 aliphatic heterocycles. The van der Waals surface area contributed by atoms with E-state index in [1.54, 1.807) is 12.1 Å². The van der Waals surface area contributed by atoms with Gasteiger partial charge in [0.15, 0.2) is 6.29 Å². The number of carbonyl (C=O) groups is 1. The minimum absolute atomic E-state index is 0.488. The van der Waals surface area contributed by atoms with Gasteiger partial charge in [0, 0.05) is 0 Å². The summed E-state index contributed by atoms with van der Waals surface area (Å²) < 4.78 is 0.845. The van der Waals surface area contributed by atoms with Crippen LogP contribution < -0.4 is 0 Å². The van der Waals surface area contributed by atoms with Gasteiger partial charge in [0.25, 0.3) is 0 Å². The third-order valence-corrected chi connectivity index (χ3v) is 1.46. The number of pyridine rings is 1. The summed E-state index contributed by atoms with van der Waals surface area (Å²) in [7, 11) is 0. The first-order valence-corrected chi connectivity index (χ1v) is 3.48. The normalized spacial score (nSPS) is 9.00. The van der Waals surface area contributed by atoms with Crippen molar-refractivity contribution in [2.24, 2.45) is 0 Å². The van der Waals surface area contributed by atoms with Crippen LogP contribution in [0.3, 0.4) is 0 Å². The molecule has 2 nitrogen and oxygen atoms in total. The van der Waals surface area contributed by atoms with E-state index in [9.17, 15) is 4.79 Å². The van der Waals surface area contributed by atoms with E-state index in [-0.39, 0.29) is 0 Å². The van der Waals surface area contributed by atoms with Gasteiger partial charge in [0.05, 0.1) is 0 Å². The highest BCUT2D eigenvalue weighted by Crippen LogP contribution is 1.99. The molecule has 0 saturated carbocycles. The van der Waals surface area contributed by atoms with Crippen molar-refractivity contribution in [2.45, 2.75) is 0 Å². The smallest absolute Gasteiger partial charge is 0.168 e. The highest BCUT2D eigenvalue weighted by Gasteiger charge is 1.89. The molecule has 9 heavy (non-hydrogen) atoms. The molecule has 46 valence electrons. The van der Waals surface area contributed by atoms with Gasteiger partial charge in [-0.3, -0.25) is 4.79 Å². The predicted octanol–water partition coefficient (Wildman–Crippen LogP) is 1.50. The first-order chi connectivity index (χ1) is 4.33. The zero-order valence-corrected chi connectivity index (χ0v) is 6.70. The molecular weight excluding hydrogens is 229 g/mol. The molecule has 0 bridgehead atoms. The van der Waals surface area contributed by atoms with E-state index in [4.69, 9.17) is 0 Å². The van der Waals surface area contributed by atoms with E-state index in [1.807, 2.05) is 6.07 Å². The van der Waals surface area contributed by atoms with Crippen LogP contribution in [-0.2, 0) is 0 Å². The summed E-state index contributed by atoms with van der Waals surface area (Å²) in [5, 5.41) is 0. The number of aromatic nitrogens is 1. The van der Waals surface area contributed by atoms with Crippen molar-refractivity contribution >= 4 is 28.9 Å². The maximum atomic E-state index is 10.1. The van der Waals surface area contributed by atoms with Crippen LogP contribution in [0.1, 0.15) is 10.5 Å². The van der Waals surface area contributed by atoms with E-state index in [2.05, 4.69) is 27.6 Å². The van der Waals surface area contributed by atoms with Crippen LogP contribution in [0.5, 0.6) is 0 Å². The van der Waals surface area contributed by atoms with Crippen molar-refractivity contribution in [3.63, 3.8) is 0 Å². The fourth-order valence-corrected chi connectivity index (χ4v) is 0.976. The number of hydrogen-bond donors (Lipinski definition) is 0. The zero-order valence-electron chi connectivity index (χ0n) is 4.54. The average molecular weight is 233 g/mol. The predicted molar refractivity (Wildman–Crippen MR) is 42.3 cm³/mol. The lowest BCUT2D eigenvalue weighted by Gasteiger charge is -1.87. The van der Waals surface area contributed by atoms with E-state index >= 15 is 0 Å². The summed E-state index contributed by atoms with van der Waals surface area (Å²) in [6, 6.07) is 5.32. The molecule has 0 N–H and O–H groups in total. The van der Waals surface area contributed by atoms with Crippen LogP contribution in [0.2, 0.25) is 0 Å². The Labute approximate surface area is 66.4 Å². The van der Waals surface area contributed by atoms with Crippen LogP contribution in [0.4, 0.5) is 0 Å². The number of rotatable bonds is 1. The van der Waals surface area contributed by atoms with Crippen LogP contribution in [0.15, 0.2) is 18.2 Å². The van der Waals surface area contributed by atoms with Crippen molar-refractivity contribution in [1.82, 2.24) is 4.98 Å². The fourth-order valence-electron chi connectivity index (χ4n) is 0.490. The Balaban J connectivity index is 3.07. The molecule has 1 aromatic heterocycles. The molecule has 1 aromatic rings. The van der Waals surface area contributed by atoms with Gasteiger partial charge in [-0.1, -0.05) is 6.07 Å². The quantitative estimate of drug-likeness (QED) is 0.418. The second kappa shape index (κ2) is 2.91. The van der Waals surface area contributed by atoms with Crippen molar-refractivity contribution in [1.29, 1.82) is 0 Å². The van der Waals surface area contributed by atoms with Gasteiger partial charge in [-0.25, -0.2) is 4.98 Å². The maximum Gasteiger partial charge on any atom is 0.168 e. The third kappa shape index (κ3) is 1.74. The third-order valence-electron chi connectivity index (χ3n) is 0.857. The first-order valence-electron chi connectivity index (χ1n) is 2.40. The molecule has 0 unspecified atom stereocenters. The van der Waals surface area contributed by atoms with E-state index < -0.39 is 0 Å². The van der Waals surface area contributed by atoms with Gasteiger partial charge < -0.3 is 0 Å². The summed E-state index contributed by atoms with van der Waals surface area (Å²) in [6.07, 6.45) is 0.738. The lowest BCUT2D eigenvalue weighted by atomic mass is 10.4. The second-order valence-electron chi connectivity index (χ2n) is 1.50. The lowest BCUT2D eigenvalue weighted by Crippen LogP contribution is -1.86. The number of carbonyl (C=O) groups excluding carboxylic acids is 1. The molecule has 0 aliphatic rings. The molecule has 0 atom stereocenters. The Morgan fingerprint density at radius 1 is 1.56 bits per heavy atom. The maximum absolute atomic E-state index is 10.1. The van der Waals surface area contributed by atoms with Crippen molar-refractivity contribution in [3.05, 3.63) is 27.6 Å². The fraction of sp³-hybridized carbons (Fsp3) is 0. The van der Waals surface area contributed by atoms with Crippen LogP contribution >= 0.6 is 22.6 Å². The Hall–Kier alpha value is -0.450. The molecule has 0 spiro atoms. The summed E-state index contributed by atoms with van der Waals surface area (Å²) >= 11 is 2.06. The topological polar surface area (TPSA) is 30.0 Å². The van der Waals surface area contributed by atoms with Crippen LogP contribution in [0.25, 0.3) is 0 Å². The molecule has 0 radical (unpaired) electrons. The molecule has 0 aromatic carbocycles. The van der Waals surface area contributed by atoms with E-state index in [0.717, 1.165) is 9.99 Å².